The second kappa shape index (κ2) is 5.48. The molecule has 2 aromatic carbocycles. The average molecular weight is 255 g/mol. The summed E-state index contributed by atoms with van der Waals surface area (Å²) in [5, 5.41) is 12.2. The Morgan fingerprint density at radius 3 is 2.56 bits per heavy atom. The largest absolute Gasteiger partial charge is 0.396 e. The number of nitrogen functional groups attached to an aromatic ring is 1. The van der Waals surface area contributed by atoms with E-state index in [9.17, 15) is 0 Å². The van der Waals surface area contributed by atoms with Gasteiger partial charge < -0.3 is 11.1 Å². The van der Waals surface area contributed by atoms with E-state index in [0.29, 0.717) is 11.3 Å². The predicted octanol–water partition coefficient (Wildman–Crippen LogP) is 3.61. The standard InChI is InChI=1S/C14H13N3S/c1-18-13-8-3-2-6-11(13)17-12-7-4-5-10(9-15)14(12)16/h2-8,17H,16H2,1H3. The molecule has 0 aliphatic carbocycles. The summed E-state index contributed by atoms with van der Waals surface area (Å²) >= 11 is 1.66. The smallest absolute Gasteiger partial charge is 0.101 e. The van der Waals surface area contributed by atoms with Crippen molar-refractivity contribution in [3.63, 3.8) is 0 Å². The molecule has 0 fully saturated rings. The number of hydrogen-bond donors (Lipinski definition) is 2. The summed E-state index contributed by atoms with van der Waals surface area (Å²) in [5.41, 5.74) is 8.66. The molecule has 0 saturated carbocycles. The van der Waals surface area contributed by atoms with Gasteiger partial charge in [-0.2, -0.15) is 5.26 Å². The molecular formula is C14H13N3S. The lowest BCUT2D eigenvalue weighted by atomic mass is 10.1. The molecule has 4 heteroatoms. The van der Waals surface area contributed by atoms with Crippen molar-refractivity contribution in [3.8, 4) is 6.07 Å². The number of hydrogen-bond acceptors (Lipinski definition) is 4. The first-order chi connectivity index (χ1) is 8.76. The molecule has 0 radical (unpaired) electrons. The number of benzene rings is 2. The van der Waals surface area contributed by atoms with E-state index < -0.39 is 0 Å². The van der Waals surface area contributed by atoms with E-state index in [2.05, 4.69) is 11.4 Å². The lowest BCUT2D eigenvalue weighted by Gasteiger charge is -2.12. The molecule has 3 nitrogen and oxygen atoms in total. The molecule has 18 heavy (non-hydrogen) atoms. The van der Waals surface area contributed by atoms with Crippen LogP contribution in [0.2, 0.25) is 0 Å². The number of thioether (sulfide) groups is 1. The fourth-order valence-corrected chi connectivity index (χ4v) is 2.22. The molecular weight excluding hydrogens is 242 g/mol. The highest BCUT2D eigenvalue weighted by Gasteiger charge is 2.06. The first kappa shape index (κ1) is 12.3. The van der Waals surface area contributed by atoms with E-state index in [-0.39, 0.29) is 0 Å². The van der Waals surface area contributed by atoms with Crippen LogP contribution in [0.1, 0.15) is 5.56 Å². The second-order valence-corrected chi connectivity index (χ2v) is 4.55. The molecule has 90 valence electrons. The maximum Gasteiger partial charge on any atom is 0.101 e. The number of nitriles is 1. The Labute approximate surface area is 111 Å². The van der Waals surface area contributed by atoms with E-state index in [1.54, 1.807) is 17.8 Å². The van der Waals surface area contributed by atoms with Crippen molar-refractivity contribution in [2.24, 2.45) is 0 Å². The Hall–Kier alpha value is -2.12. The summed E-state index contributed by atoms with van der Waals surface area (Å²) < 4.78 is 0. The number of anilines is 3. The topological polar surface area (TPSA) is 61.8 Å². The molecule has 0 atom stereocenters. The summed E-state index contributed by atoms with van der Waals surface area (Å²) in [6.07, 6.45) is 2.02. The zero-order valence-corrected chi connectivity index (χ0v) is 10.8. The number of nitrogens with zero attached hydrogens (tertiary/aromatic N) is 1. The highest BCUT2D eigenvalue weighted by atomic mass is 32.2. The summed E-state index contributed by atoms with van der Waals surface area (Å²) in [6.45, 7) is 0. The molecule has 0 unspecified atom stereocenters. The van der Waals surface area contributed by atoms with Gasteiger partial charge in [-0.15, -0.1) is 11.8 Å². The van der Waals surface area contributed by atoms with E-state index in [0.717, 1.165) is 16.3 Å². The van der Waals surface area contributed by atoms with Crippen LogP contribution in [0.5, 0.6) is 0 Å². The second-order valence-electron chi connectivity index (χ2n) is 3.70. The number of nitrogens with one attached hydrogen (secondary N) is 1. The molecule has 0 bridgehead atoms. The summed E-state index contributed by atoms with van der Waals surface area (Å²) in [6, 6.07) is 15.5. The highest BCUT2D eigenvalue weighted by Crippen LogP contribution is 2.31. The normalized spacial score (nSPS) is 9.78. The fraction of sp³-hybridized carbons (Fsp3) is 0.0714. The van der Waals surface area contributed by atoms with Crippen LogP contribution in [0.3, 0.4) is 0 Å². The molecule has 2 rings (SSSR count). The zero-order chi connectivity index (χ0) is 13.0. The number of para-hydroxylation sites is 2. The molecule has 2 aromatic rings. The van der Waals surface area contributed by atoms with Gasteiger partial charge in [-0.1, -0.05) is 18.2 Å². The van der Waals surface area contributed by atoms with Crippen molar-refractivity contribution in [2.75, 3.05) is 17.3 Å². The minimum absolute atomic E-state index is 0.482. The Bertz CT molecular complexity index is 602. The molecule has 0 aliphatic heterocycles. The molecule has 0 spiro atoms. The highest BCUT2D eigenvalue weighted by molar-refractivity contribution is 7.98. The summed E-state index contributed by atoms with van der Waals surface area (Å²) in [5.74, 6) is 0. The third-order valence-electron chi connectivity index (χ3n) is 2.60. The molecule has 3 N–H and O–H groups in total. The van der Waals surface area contributed by atoms with Crippen LogP contribution in [0.25, 0.3) is 0 Å². The molecule has 0 saturated heterocycles. The van der Waals surface area contributed by atoms with E-state index >= 15 is 0 Å². The first-order valence-electron chi connectivity index (χ1n) is 5.45. The van der Waals surface area contributed by atoms with Gasteiger partial charge in [0, 0.05) is 4.90 Å². The van der Waals surface area contributed by atoms with E-state index in [1.165, 1.54) is 0 Å². The van der Waals surface area contributed by atoms with Gasteiger partial charge >= 0.3 is 0 Å². The summed E-state index contributed by atoms with van der Waals surface area (Å²) in [7, 11) is 0. The lowest BCUT2D eigenvalue weighted by Crippen LogP contribution is -1.99. The SMILES string of the molecule is CSc1ccccc1Nc1cccc(C#N)c1N. The summed E-state index contributed by atoms with van der Waals surface area (Å²) in [4.78, 5) is 1.14. The zero-order valence-electron chi connectivity index (χ0n) is 9.97. The quantitative estimate of drug-likeness (QED) is 0.649. The molecule has 0 amide bonds. The van der Waals surface area contributed by atoms with Crippen LogP contribution < -0.4 is 11.1 Å². The minimum atomic E-state index is 0.482. The van der Waals surface area contributed by atoms with Crippen molar-refractivity contribution in [1.82, 2.24) is 0 Å². The maximum atomic E-state index is 8.95. The van der Waals surface area contributed by atoms with Crippen LogP contribution in [-0.4, -0.2) is 6.26 Å². The van der Waals surface area contributed by atoms with Crippen LogP contribution in [0.15, 0.2) is 47.4 Å². The fourth-order valence-electron chi connectivity index (χ4n) is 1.66. The van der Waals surface area contributed by atoms with Gasteiger partial charge in [0.1, 0.15) is 6.07 Å². The van der Waals surface area contributed by atoms with Crippen molar-refractivity contribution in [2.45, 2.75) is 4.90 Å². The number of rotatable bonds is 3. The van der Waals surface area contributed by atoms with Crippen LogP contribution >= 0.6 is 11.8 Å². The molecule has 0 aromatic heterocycles. The first-order valence-corrected chi connectivity index (χ1v) is 6.67. The molecule has 0 aliphatic rings. The Kier molecular flexibility index (Phi) is 3.75. The van der Waals surface area contributed by atoms with Gasteiger partial charge in [-0.3, -0.25) is 0 Å². The third kappa shape index (κ3) is 2.41. The van der Waals surface area contributed by atoms with Crippen LogP contribution in [0.4, 0.5) is 17.1 Å². The average Bonchev–Trinajstić information content (AvgIpc) is 2.42. The van der Waals surface area contributed by atoms with Crippen molar-refractivity contribution < 1.29 is 0 Å². The lowest BCUT2D eigenvalue weighted by molar-refractivity contribution is 1.41. The monoisotopic (exact) mass is 255 g/mol. The van der Waals surface area contributed by atoms with Gasteiger partial charge in [-0.25, -0.2) is 0 Å². The minimum Gasteiger partial charge on any atom is -0.396 e. The molecule has 0 heterocycles. The Morgan fingerprint density at radius 2 is 1.83 bits per heavy atom. The van der Waals surface area contributed by atoms with Crippen molar-refractivity contribution in [1.29, 1.82) is 5.26 Å². The van der Waals surface area contributed by atoms with E-state index in [4.69, 9.17) is 11.0 Å². The van der Waals surface area contributed by atoms with Gasteiger partial charge in [0.25, 0.3) is 0 Å². The Balaban J connectivity index is 2.38. The third-order valence-corrected chi connectivity index (χ3v) is 3.40. The maximum absolute atomic E-state index is 8.95. The van der Waals surface area contributed by atoms with Gasteiger partial charge in [0.15, 0.2) is 0 Å². The van der Waals surface area contributed by atoms with Crippen molar-refractivity contribution in [3.05, 3.63) is 48.0 Å². The predicted molar refractivity (Wildman–Crippen MR) is 77.1 cm³/mol. The van der Waals surface area contributed by atoms with Crippen LogP contribution in [-0.2, 0) is 0 Å². The van der Waals surface area contributed by atoms with Crippen LogP contribution in [0, 0.1) is 11.3 Å². The number of nitrogens with two attached hydrogens (primary N) is 1. The Morgan fingerprint density at radius 1 is 1.11 bits per heavy atom. The van der Waals surface area contributed by atoms with Gasteiger partial charge in [0.05, 0.1) is 22.6 Å². The van der Waals surface area contributed by atoms with Crippen molar-refractivity contribution >= 4 is 28.8 Å². The van der Waals surface area contributed by atoms with E-state index in [1.807, 2.05) is 42.7 Å². The van der Waals surface area contributed by atoms with Gasteiger partial charge in [0.2, 0.25) is 0 Å². The van der Waals surface area contributed by atoms with Gasteiger partial charge in [-0.05, 0) is 30.5 Å².